The molecule has 0 spiro atoms. The minimum Gasteiger partial charge on any atom is -0.382 e. The van der Waals surface area contributed by atoms with Crippen molar-refractivity contribution in [3.05, 3.63) is 29.3 Å². The topological polar surface area (TPSA) is 152 Å². The second-order valence-corrected chi connectivity index (χ2v) is 7.92. The van der Waals surface area contributed by atoms with Gasteiger partial charge in [-0.3, -0.25) is 34.2 Å². The molecule has 0 aliphatic carbocycles. The van der Waals surface area contributed by atoms with Crippen LogP contribution in [0.3, 0.4) is 0 Å². The quantitative estimate of drug-likeness (QED) is 0.235. The lowest BCUT2D eigenvalue weighted by atomic mass is 10.0. The first-order valence-electron chi connectivity index (χ1n) is 11.5. The highest BCUT2D eigenvalue weighted by Crippen LogP contribution is 2.32. The monoisotopic (exact) mass is 490 g/mol. The smallest absolute Gasteiger partial charge is 0.264 e. The van der Waals surface area contributed by atoms with Crippen LogP contribution in [0.25, 0.3) is 0 Å². The molecule has 190 valence electrons. The summed E-state index contributed by atoms with van der Waals surface area (Å²) in [5.41, 5.74) is 0.911. The van der Waals surface area contributed by atoms with E-state index >= 15 is 0 Å². The van der Waals surface area contributed by atoms with E-state index in [-0.39, 0.29) is 29.9 Å². The fraction of sp³-hybridized carbons (Fsp3) is 0.522. The number of benzene rings is 1. The van der Waals surface area contributed by atoms with Gasteiger partial charge in [0.15, 0.2) is 0 Å². The first kappa shape index (κ1) is 26.3. The number of carbonyl (C=O) groups is 5. The molecule has 12 nitrogen and oxygen atoms in total. The molecule has 2 aliphatic rings. The van der Waals surface area contributed by atoms with Gasteiger partial charge in [0, 0.05) is 32.1 Å². The van der Waals surface area contributed by atoms with Gasteiger partial charge in [-0.1, -0.05) is 6.07 Å². The fourth-order valence-electron chi connectivity index (χ4n) is 3.76. The van der Waals surface area contributed by atoms with Gasteiger partial charge in [0.05, 0.1) is 50.8 Å². The van der Waals surface area contributed by atoms with E-state index in [2.05, 4.69) is 16.0 Å². The summed E-state index contributed by atoms with van der Waals surface area (Å²) >= 11 is 0. The highest BCUT2D eigenvalue weighted by molar-refractivity contribution is 6.25. The zero-order valence-corrected chi connectivity index (χ0v) is 19.6. The Kier molecular flexibility index (Phi) is 9.70. The molecule has 0 bridgehead atoms. The molecule has 1 aromatic carbocycles. The number of hydrogen-bond donors (Lipinski definition) is 3. The van der Waals surface area contributed by atoms with Gasteiger partial charge in [0.2, 0.25) is 17.7 Å². The van der Waals surface area contributed by atoms with Crippen LogP contribution < -0.4 is 16.0 Å². The van der Waals surface area contributed by atoms with Gasteiger partial charge >= 0.3 is 0 Å². The van der Waals surface area contributed by atoms with Crippen LogP contribution in [0.5, 0.6) is 0 Å². The van der Waals surface area contributed by atoms with Crippen LogP contribution in [0.2, 0.25) is 0 Å². The van der Waals surface area contributed by atoms with Crippen molar-refractivity contribution < 1.29 is 38.2 Å². The van der Waals surface area contributed by atoms with Crippen LogP contribution in [0.1, 0.15) is 40.5 Å². The Morgan fingerprint density at radius 1 is 0.971 bits per heavy atom. The molecule has 1 aromatic rings. The Hall–Kier alpha value is -3.35. The van der Waals surface area contributed by atoms with E-state index in [1.54, 1.807) is 18.2 Å². The van der Waals surface area contributed by atoms with E-state index in [0.29, 0.717) is 58.4 Å². The lowest BCUT2D eigenvalue weighted by Crippen LogP contribution is -2.54. The molecule has 5 amide bonds. The highest BCUT2D eigenvalue weighted by Gasteiger charge is 2.45. The largest absolute Gasteiger partial charge is 0.382 e. The SMILES string of the molecule is CC(=O)NCCOCCOCCOCCNc1cccc2c1C(=O)N(C1CCC(=O)NC1=O)C2=O. The number of ether oxygens (including phenoxy) is 3. The molecule has 2 aliphatic heterocycles. The number of nitrogens with zero attached hydrogens (tertiary/aromatic N) is 1. The Bertz CT molecular complexity index is 967. The zero-order valence-electron chi connectivity index (χ0n) is 19.6. The van der Waals surface area contributed by atoms with Crippen LogP contribution in [-0.4, -0.2) is 93.2 Å². The molecule has 1 saturated heterocycles. The van der Waals surface area contributed by atoms with Crippen molar-refractivity contribution in [3.63, 3.8) is 0 Å². The molecule has 35 heavy (non-hydrogen) atoms. The van der Waals surface area contributed by atoms with Gasteiger partial charge in [-0.05, 0) is 18.6 Å². The third-order valence-electron chi connectivity index (χ3n) is 5.39. The van der Waals surface area contributed by atoms with E-state index in [0.717, 1.165) is 4.90 Å². The summed E-state index contributed by atoms with van der Waals surface area (Å²) in [5, 5.41) is 7.92. The van der Waals surface area contributed by atoms with Crippen molar-refractivity contribution in [3.8, 4) is 0 Å². The molecule has 1 unspecified atom stereocenters. The fourth-order valence-corrected chi connectivity index (χ4v) is 3.76. The van der Waals surface area contributed by atoms with Crippen LogP contribution in [0, 0.1) is 0 Å². The highest BCUT2D eigenvalue weighted by atomic mass is 16.5. The summed E-state index contributed by atoms with van der Waals surface area (Å²) in [6.07, 6.45) is 0.180. The Balaban J connectivity index is 1.36. The maximum Gasteiger partial charge on any atom is 0.264 e. The first-order valence-corrected chi connectivity index (χ1v) is 11.5. The van der Waals surface area contributed by atoms with E-state index in [1.807, 2.05) is 0 Å². The second-order valence-electron chi connectivity index (χ2n) is 7.92. The average Bonchev–Trinajstić information content (AvgIpc) is 3.07. The Morgan fingerprint density at radius 2 is 1.63 bits per heavy atom. The normalized spacial score (nSPS) is 17.4. The standard InChI is InChI=1S/C23H30N4O8/c1-15(28)24-7-9-33-11-13-35-14-12-34-10-8-25-17-4-2-3-16-20(17)23(32)27(22(16)31)18-5-6-19(29)26-21(18)30/h2-4,18,25H,5-14H2,1H3,(H,24,28)(H,26,29,30). The molecule has 0 radical (unpaired) electrons. The molecule has 0 aromatic heterocycles. The van der Waals surface area contributed by atoms with Gasteiger partial charge in [-0.25, -0.2) is 0 Å². The minimum absolute atomic E-state index is 0.0710. The predicted molar refractivity (Wildman–Crippen MR) is 123 cm³/mol. The average molecular weight is 491 g/mol. The molecule has 2 heterocycles. The second kappa shape index (κ2) is 12.9. The third-order valence-corrected chi connectivity index (χ3v) is 5.39. The number of amides is 5. The minimum atomic E-state index is -1.00. The maximum absolute atomic E-state index is 13.0. The van der Waals surface area contributed by atoms with Crippen LogP contribution in [0.15, 0.2) is 18.2 Å². The van der Waals surface area contributed by atoms with Crippen molar-refractivity contribution in [2.75, 3.05) is 58.0 Å². The zero-order chi connectivity index (χ0) is 25.2. The number of fused-ring (bicyclic) bond motifs is 1. The van der Waals surface area contributed by atoms with Crippen molar-refractivity contribution in [1.82, 2.24) is 15.5 Å². The summed E-state index contributed by atoms with van der Waals surface area (Å²) in [6.45, 7) is 4.68. The third kappa shape index (κ3) is 7.07. The van der Waals surface area contributed by atoms with Crippen LogP contribution in [-0.2, 0) is 28.6 Å². The van der Waals surface area contributed by atoms with E-state index in [1.165, 1.54) is 6.92 Å². The van der Waals surface area contributed by atoms with Gasteiger partial charge in [-0.15, -0.1) is 0 Å². The number of anilines is 1. The Labute approximate surface area is 202 Å². The molecule has 3 rings (SSSR count). The maximum atomic E-state index is 13.0. The van der Waals surface area contributed by atoms with Crippen molar-refractivity contribution in [2.24, 2.45) is 0 Å². The number of nitrogens with one attached hydrogen (secondary N) is 3. The Morgan fingerprint density at radius 3 is 2.29 bits per heavy atom. The summed E-state index contributed by atoms with van der Waals surface area (Å²) in [6, 6.07) is 3.89. The first-order chi connectivity index (χ1) is 16.9. The predicted octanol–water partition coefficient (Wildman–Crippen LogP) is -0.314. The van der Waals surface area contributed by atoms with Gasteiger partial charge in [0.25, 0.3) is 11.8 Å². The molecule has 1 fully saturated rings. The van der Waals surface area contributed by atoms with Gasteiger partial charge in [-0.2, -0.15) is 0 Å². The van der Waals surface area contributed by atoms with Crippen molar-refractivity contribution in [2.45, 2.75) is 25.8 Å². The molecular weight excluding hydrogens is 460 g/mol. The molecule has 12 heteroatoms. The van der Waals surface area contributed by atoms with E-state index in [4.69, 9.17) is 14.2 Å². The summed E-state index contributed by atoms with van der Waals surface area (Å²) < 4.78 is 16.2. The number of carbonyl (C=O) groups excluding carboxylic acids is 5. The lowest BCUT2D eigenvalue weighted by Gasteiger charge is -2.27. The molecule has 1 atom stereocenters. The molecule has 0 saturated carbocycles. The summed E-state index contributed by atoms with van der Waals surface area (Å²) in [7, 11) is 0. The van der Waals surface area contributed by atoms with Gasteiger partial charge < -0.3 is 24.8 Å². The number of hydrogen-bond acceptors (Lipinski definition) is 9. The summed E-state index contributed by atoms with van der Waals surface area (Å²) in [5.74, 6) is -2.26. The molecule has 3 N–H and O–H groups in total. The number of rotatable bonds is 14. The van der Waals surface area contributed by atoms with Crippen molar-refractivity contribution >= 4 is 35.2 Å². The van der Waals surface area contributed by atoms with E-state index in [9.17, 15) is 24.0 Å². The molecular formula is C23H30N4O8. The lowest BCUT2D eigenvalue weighted by molar-refractivity contribution is -0.136. The number of piperidine rings is 1. The van der Waals surface area contributed by atoms with Crippen molar-refractivity contribution in [1.29, 1.82) is 0 Å². The van der Waals surface area contributed by atoms with Crippen LogP contribution in [0.4, 0.5) is 5.69 Å². The van der Waals surface area contributed by atoms with Gasteiger partial charge in [0.1, 0.15) is 6.04 Å². The number of imide groups is 2. The van der Waals surface area contributed by atoms with Crippen LogP contribution >= 0.6 is 0 Å². The van der Waals surface area contributed by atoms with E-state index < -0.39 is 29.7 Å². The summed E-state index contributed by atoms with van der Waals surface area (Å²) in [4.78, 5) is 61.1.